The zero-order chi connectivity index (χ0) is 11.1. The van der Waals surface area contributed by atoms with Crippen LogP contribution in [0.4, 0.5) is 0 Å². The molecule has 0 aliphatic carbocycles. The van der Waals surface area contributed by atoms with Crippen LogP contribution in [0.5, 0.6) is 0 Å². The molecule has 6 N–H and O–H groups in total. The van der Waals surface area contributed by atoms with Gasteiger partial charge in [0.2, 0.25) is 0 Å². The molecule has 0 unspecified atom stereocenters. The Kier molecular flexibility index (Phi) is 7.92. The summed E-state index contributed by atoms with van der Waals surface area (Å²) in [5.74, 6) is 0. The van der Waals surface area contributed by atoms with Crippen LogP contribution in [-0.4, -0.2) is 58.6 Å². The Balaban J connectivity index is 0. The van der Waals surface area contributed by atoms with E-state index in [4.69, 9.17) is 25.1 Å². The predicted molar refractivity (Wildman–Crippen MR) is 48.6 cm³/mol. The molecular weight excluding hydrogens is 241 g/mol. The van der Waals surface area contributed by atoms with Crippen molar-refractivity contribution in [3.63, 3.8) is 0 Å². The van der Waals surface area contributed by atoms with Crippen LogP contribution in [-0.2, 0) is 3.74 Å². The molecule has 0 heterocycles. The van der Waals surface area contributed by atoms with Gasteiger partial charge in [0, 0.05) is 0 Å². The van der Waals surface area contributed by atoms with Crippen LogP contribution >= 0.6 is 0 Å². The molecule has 0 radical (unpaired) electrons. The van der Waals surface area contributed by atoms with Gasteiger partial charge >= 0.3 is 33.1 Å². The summed E-state index contributed by atoms with van der Waals surface area (Å²) in [6.07, 6.45) is 0. The van der Waals surface area contributed by atoms with Crippen molar-refractivity contribution in [2.75, 3.05) is 19.8 Å². The van der Waals surface area contributed by atoms with Crippen LogP contribution in [0.2, 0.25) is 11.4 Å². The topological polar surface area (TPSA) is 124 Å². The van der Waals surface area contributed by atoms with Gasteiger partial charge in [0.25, 0.3) is 0 Å². The molecule has 0 saturated heterocycles. The molecule has 0 aliphatic rings. The number of aliphatic hydroxyl groups excluding tert-OH is 3. The molecule has 0 bridgehead atoms. The molecule has 0 aromatic rings. The Hall–Kier alpha value is 0.158. The fourth-order valence-electron chi connectivity index (χ4n) is 0.150. The first kappa shape index (κ1) is 15.6. The summed E-state index contributed by atoms with van der Waals surface area (Å²) in [7, 11) is 0. The second-order valence-electron chi connectivity index (χ2n) is 3.13. The third kappa shape index (κ3) is 15.0. The average molecular weight is 259 g/mol. The van der Waals surface area contributed by atoms with E-state index < -0.39 is 39.2 Å². The van der Waals surface area contributed by atoms with Gasteiger partial charge in [-0.15, -0.1) is 0 Å². The van der Waals surface area contributed by atoms with Crippen molar-refractivity contribution in [3.8, 4) is 0 Å². The summed E-state index contributed by atoms with van der Waals surface area (Å²) < 4.78 is 18.0. The average Bonchev–Trinajstić information content (AvgIpc) is 2.00. The molecule has 0 aromatic heterocycles. The first-order chi connectivity index (χ1) is 5.68. The fraction of sp³-hybridized carbons (Fsp3) is 1.00. The molecule has 0 aliphatic heterocycles. The van der Waals surface area contributed by atoms with E-state index >= 15 is 0 Å². The Labute approximate surface area is 80.0 Å². The molecule has 0 fully saturated rings. The maximum Gasteiger partial charge on any atom is 0.0856 e. The SMILES string of the molecule is C[As](C)(=O)O.NC(CO)(CO)CO. The Morgan fingerprint density at radius 1 is 1.15 bits per heavy atom. The third-order valence-electron chi connectivity index (χ3n) is 0.945. The zero-order valence-corrected chi connectivity index (χ0v) is 9.72. The van der Waals surface area contributed by atoms with Gasteiger partial charge in [-0.25, -0.2) is 0 Å². The minimum Gasteiger partial charge on any atom is -0.394 e. The quantitative estimate of drug-likeness (QED) is 0.365. The van der Waals surface area contributed by atoms with Gasteiger partial charge in [0.15, 0.2) is 0 Å². The predicted octanol–water partition coefficient (Wildman–Crippen LogP) is -2.23. The van der Waals surface area contributed by atoms with E-state index in [9.17, 15) is 3.74 Å². The van der Waals surface area contributed by atoms with Crippen LogP contribution in [0.1, 0.15) is 0 Å². The molecule has 0 saturated carbocycles. The number of rotatable bonds is 3. The summed E-state index contributed by atoms with van der Waals surface area (Å²) in [4.78, 5) is 0. The van der Waals surface area contributed by atoms with E-state index in [0.717, 1.165) is 0 Å². The molecule has 6 nitrogen and oxygen atoms in total. The van der Waals surface area contributed by atoms with Gasteiger partial charge in [-0.2, -0.15) is 0 Å². The van der Waals surface area contributed by atoms with E-state index in [0.29, 0.717) is 0 Å². The summed E-state index contributed by atoms with van der Waals surface area (Å²) >= 11 is -3.12. The fourth-order valence-corrected chi connectivity index (χ4v) is 0.150. The standard InChI is InChI=1S/C4H11NO3.C2H7AsO2/c5-4(1-6,2-7)3-8;1-3(2,4)5/h6-8H,1-3,5H2;1-2H3,(H,4,5). The number of nitrogens with two attached hydrogens (primary N) is 1. The van der Waals surface area contributed by atoms with E-state index in [2.05, 4.69) is 0 Å². The van der Waals surface area contributed by atoms with Crippen molar-refractivity contribution >= 4 is 13.8 Å². The first-order valence-corrected chi connectivity index (χ1v) is 8.93. The summed E-state index contributed by atoms with van der Waals surface area (Å²) in [5, 5.41) is 25.0. The van der Waals surface area contributed by atoms with E-state index in [1.807, 2.05) is 0 Å². The molecule has 82 valence electrons. The monoisotopic (exact) mass is 259 g/mol. The smallest absolute Gasteiger partial charge is 0.0856 e. The van der Waals surface area contributed by atoms with Crippen molar-refractivity contribution < 1.29 is 23.2 Å². The second-order valence-corrected chi connectivity index (χ2v) is 8.56. The molecule has 0 atom stereocenters. The zero-order valence-electron chi connectivity index (χ0n) is 7.84. The Morgan fingerprint density at radius 3 is 1.31 bits per heavy atom. The van der Waals surface area contributed by atoms with Crippen LogP contribution in [0.15, 0.2) is 0 Å². The van der Waals surface area contributed by atoms with Gasteiger partial charge in [-0.3, -0.25) is 0 Å². The largest absolute Gasteiger partial charge is 0.394 e. The van der Waals surface area contributed by atoms with E-state index in [1.54, 1.807) is 0 Å². The maximum atomic E-state index is 9.83. The normalized spacial score (nSPS) is 11.9. The minimum atomic E-state index is -3.12. The number of hydrogen-bond acceptors (Lipinski definition) is 5. The molecular formula is C6H18AsNO5. The van der Waals surface area contributed by atoms with Crippen molar-refractivity contribution in [3.05, 3.63) is 0 Å². The van der Waals surface area contributed by atoms with Crippen molar-refractivity contribution in [1.29, 1.82) is 0 Å². The maximum absolute atomic E-state index is 9.83. The van der Waals surface area contributed by atoms with Gasteiger partial charge < -0.3 is 21.1 Å². The molecule has 0 spiro atoms. The van der Waals surface area contributed by atoms with Gasteiger partial charge in [0.05, 0.1) is 25.4 Å². The van der Waals surface area contributed by atoms with Crippen molar-refractivity contribution in [1.82, 2.24) is 0 Å². The second kappa shape index (κ2) is 6.59. The molecule has 0 aromatic carbocycles. The van der Waals surface area contributed by atoms with Crippen LogP contribution in [0.3, 0.4) is 0 Å². The minimum absolute atomic E-state index is 0.403. The molecule has 13 heavy (non-hydrogen) atoms. The van der Waals surface area contributed by atoms with Gasteiger partial charge in [-0.05, 0) is 0 Å². The third-order valence-corrected chi connectivity index (χ3v) is 0.945. The van der Waals surface area contributed by atoms with Crippen LogP contribution < -0.4 is 5.73 Å². The van der Waals surface area contributed by atoms with Gasteiger partial charge in [-0.1, -0.05) is 0 Å². The Bertz CT molecular complexity index is 148. The van der Waals surface area contributed by atoms with E-state index in [-0.39, 0.29) is 0 Å². The Morgan fingerprint density at radius 2 is 1.31 bits per heavy atom. The van der Waals surface area contributed by atoms with Gasteiger partial charge in [0.1, 0.15) is 0 Å². The van der Waals surface area contributed by atoms with E-state index in [1.165, 1.54) is 11.4 Å². The first-order valence-electron chi connectivity index (χ1n) is 3.58. The molecule has 7 heteroatoms. The van der Waals surface area contributed by atoms with Crippen LogP contribution in [0, 0.1) is 0 Å². The van der Waals surface area contributed by atoms with Crippen molar-refractivity contribution in [2.45, 2.75) is 17.0 Å². The summed E-state index contributed by atoms with van der Waals surface area (Å²) in [5.41, 5.74) is 6.66. The molecule has 0 amide bonds. The molecule has 0 rings (SSSR count). The summed E-state index contributed by atoms with van der Waals surface area (Å²) in [6, 6.07) is 0. The van der Waals surface area contributed by atoms with Crippen molar-refractivity contribution in [2.24, 2.45) is 5.73 Å². The summed E-state index contributed by atoms with van der Waals surface area (Å²) in [6.45, 7) is -1.21. The van der Waals surface area contributed by atoms with Crippen LogP contribution in [0.25, 0.3) is 0 Å². The number of hydrogen-bond donors (Lipinski definition) is 5. The number of aliphatic hydroxyl groups is 3.